The van der Waals surface area contributed by atoms with Crippen molar-refractivity contribution in [3.63, 3.8) is 0 Å². The van der Waals surface area contributed by atoms with Gasteiger partial charge in [0.05, 0.1) is 6.10 Å². The van der Waals surface area contributed by atoms with Gasteiger partial charge in [0.2, 0.25) is 0 Å². The minimum Gasteiger partial charge on any atom is -0.390 e. The normalized spacial score (nSPS) is 46.0. The Hall–Kier alpha value is -0.450. The molecule has 1 saturated carbocycles. The molecule has 1 fully saturated rings. The Morgan fingerprint density at radius 3 is 2.45 bits per heavy atom. The van der Waals surface area contributed by atoms with Gasteiger partial charge in [0, 0.05) is 5.92 Å². The second-order valence-corrected chi connectivity index (χ2v) is 3.04. The molecule has 0 spiro atoms. The van der Waals surface area contributed by atoms with Crippen LogP contribution in [0.25, 0.3) is 0 Å². The van der Waals surface area contributed by atoms with E-state index in [2.05, 4.69) is 0 Å². The first-order valence-corrected chi connectivity index (χ1v) is 3.62. The molecule has 4 nitrogen and oxygen atoms in total. The first kappa shape index (κ1) is 8.64. The molecule has 4 heteroatoms. The highest BCUT2D eigenvalue weighted by Crippen LogP contribution is 2.21. The summed E-state index contributed by atoms with van der Waals surface area (Å²) in [6.45, 7) is 1.63. The molecule has 1 aliphatic rings. The summed E-state index contributed by atoms with van der Waals surface area (Å²) in [5, 5.41) is 27.1. The number of carbonyl (C=O) groups excluding carboxylic acids is 1. The van der Waals surface area contributed by atoms with E-state index in [0.29, 0.717) is 0 Å². The topological polar surface area (TPSA) is 77.8 Å². The maximum atomic E-state index is 11.0. The van der Waals surface area contributed by atoms with E-state index in [1.807, 2.05) is 0 Å². The van der Waals surface area contributed by atoms with Crippen LogP contribution in [0.5, 0.6) is 0 Å². The van der Waals surface area contributed by atoms with E-state index < -0.39 is 18.3 Å². The number of rotatable bonds is 0. The average molecular weight is 160 g/mol. The van der Waals surface area contributed by atoms with Crippen LogP contribution in [0, 0.1) is 5.92 Å². The maximum absolute atomic E-state index is 11.0. The molecule has 0 radical (unpaired) electrons. The fraction of sp³-hybridized carbons (Fsp3) is 0.857. The van der Waals surface area contributed by atoms with Crippen LogP contribution in [0.4, 0.5) is 0 Å². The fourth-order valence-electron chi connectivity index (χ4n) is 1.29. The van der Waals surface area contributed by atoms with Gasteiger partial charge in [-0.1, -0.05) is 6.92 Å². The number of aliphatic hydroxyl groups is 3. The average Bonchev–Trinajstić information content (AvgIpc) is 1.97. The Morgan fingerprint density at radius 1 is 1.36 bits per heavy atom. The van der Waals surface area contributed by atoms with Crippen LogP contribution in [0.3, 0.4) is 0 Å². The van der Waals surface area contributed by atoms with E-state index in [1.165, 1.54) is 0 Å². The number of ketones is 1. The lowest BCUT2D eigenvalue weighted by molar-refractivity contribution is -0.152. The first-order chi connectivity index (χ1) is 5.04. The van der Waals surface area contributed by atoms with Gasteiger partial charge < -0.3 is 15.3 Å². The van der Waals surface area contributed by atoms with Gasteiger partial charge in [0.1, 0.15) is 12.2 Å². The monoisotopic (exact) mass is 160 g/mol. The summed E-state index contributed by atoms with van der Waals surface area (Å²) in [6, 6.07) is 0. The second kappa shape index (κ2) is 2.89. The summed E-state index contributed by atoms with van der Waals surface area (Å²) >= 11 is 0. The van der Waals surface area contributed by atoms with E-state index >= 15 is 0 Å². The zero-order chi connectivity index (χ0) is 8.59. The minimum atomic E-state index is -1.41. The number of Topliss-reactive ketones (excluding diaryl/α,β-unsaturated/α-hetero) is 1. The minimum absolute atomic E-state index is 0.233. The molecule has 64 valence electrons. The third-order valence-corrected chi connectivity index (χ3v) is 2.09. The van der Waals surface area contributed by atoms with E-state index in [1.54, 1.807) is 6.92 Å². The van der Waals surface area contributed by atoms with Crippen LogP contribution in [0.1, 0.15) is 13.3 Å². The third-order valence-electron chi connectivity index (χ3n) is 2.09. The van der Waals surface area contributed by atoms with Gasteiger partial charge in [-0.25, -0.2) is 0 Å². The smallest absolute Gasteiger partial charge is 0.166 e. The van der Waals surface area contributed by atoms with Crippen molar-refractivity contribution in [3.05, 3.63) is 0 Å². The third kappa shape index (κ3) is 1.42. The highest BCUT2D eigenvalue weighted by Gasteiger charge is 2.39. The van der Waals surface area contributed by atoms with Crippen LogP contribution in [0.2, 0.25) is 0 Å². The zero-order valence-electron chi connectivity index (χ0n) is 6.27. The molecular formula is C7H12O4. The molecule has 1 aliphatic carbocycles. The zero-order valence-corrected chi connectivity index (χ0v) is 6.27. The fourth-order valence-corrected chi connectivity index (χ4v) is 1.29. The van der Waals surface area contributed by atoms with Crippen molar-refractivity contribution >= 4 is 5.78 Å². The number of carbonyl (C=O) groups is 1. The Morgan fingerprint density at radius 2 is 1.91 bits per heavy atom. The summed E-state index contributed by atoms with van der Waals surface area (Å²) in [7, 11) is 0. The molecule has 0 aromatic carbocycles. The molecule has 0 aliphatic heterocycles. The molecule has 0 saturated heterocycles. The SMILES string of the molecule is C[C@@H]1C[C@@H](O)[C@@H](O)[C@H](O)C1=O. The number of aliphatic hydroxyl groups excluding tert-OH is 3. The molecule has 0 unspecified atom stereocenters. The van der Waals surface area contributed by atoms with Gasteiger partial charge in [-0.2, -0.15) is 0 Å². The van der Waals surface area contributed by atoms with E-state index in [-0.39, 0.29) is 18.1 Å². The van der Waals surface area contributed by atoms with Crippen LogP contribution >= 0.6 is 0 Å². The van der Waals surface area contributed by atoms with Crippen molar-refractivity contribution in [2.45, 2.75) is 31.7 Å². The van der Waals surface area contributed by atoms with Crippen LogP contribution in [-0.4, -0.2) is 39.4 Å². The molecule has 0 heterocycles. The molecule has 0 aromatic heterocycles. The van der Waals surface area contributed by atoms with Crippen LogP contribution < -0.4 is 0 Å². The summed E-state index contributed by atoms with van der Waals surface area (Å²) in [4.78, 5) is 11.0. The highest BCUT2D eigenvalue weighted by molar-refractivity contribution is 5.86. The summed E-state index contributed by atoms with van der Waals surface area (Å²) < 4.78 is 0. The molecule has 3 N–H and O–H groups in total. The second-order valence-electron chi connectivity index (χ2n) is 3.04. The molecule has 1 rings (SSSR count). The Bertz CT molecular complexity index is 168. The highest BCUT2D eigenvalue weighted by atomic mass is 16.4. The Balaban J connectivity index is 2.70. The van der Waals surface area contributed by atoms with Gasteiger partial charge >= 0.3 is 0 Å². The number of hydrogen-bond acceptors (Lipinski definition) is 4. The van der Waals surface area contributed by atoms with Crippen molar-refractivity contribution < 1.29 is 20.1 Å². The largest absolute Gasteiger partial charge is 0.390 e. The van der Waals surface area contributed by atoms with E-state index in [9.17, 15) is 4.79 Å². The summed E-state index contributed by atoms with van der Waals surface area (Å²) in [6.07, 6.45) is -3.46. The van der Waals surface area contributed by atoms with E-state index in [4.69, 9.17) is 15.3 Å². The van der Waals surface area contributed by atoms with Crippen molar-refractivity contribution in [2.75, 3.05) is 0 Å². The lowest BCUT2D eigenvalue weighted by Gasteiger charge is -2.30. The van der Waals surface area contributed by atoms with Crippen molar-refractivity contribution in [1.82, 2.24) is 0 Å². The maximum Gasteiger partial charge on any atom is 0.166 e. The molecule has 0 amide bonds. The van der Waals surface area contributed by atoms with Gasteiger partial charge in [0.15, 0.2) is 5.78 Å². The molecular weight excluding hydrogens is 148 g/mol. The lowest BCUT2D eigenvalue weighted by atomic mass is 9.83. The van der Waals surface area contributed by atoms with Crippen LogP contribution in [0.15, 0.2) is 0 Å². The molecule has 11 heavy (non-hydrogen) atoms. The molecule has 0 bridgehead atoms. The predicted molar refractivity (Wildman–Crippen MR) is 36.8 cm³/mol. The summed E-state index contributed by atoms with van der Waals surface area (Å²) in [5.41, 5.74) is 0. The standard InChI is InChI=1S/C7H12O4/c1-3-2-4(8)6(10)7(11)5(3)9/h3-4,6-8,10-11H,2H2,1H3/t3-,4-,6-,7-/m1/s1. The van der Waals surface area contributed by atoms with Gasteiger partial charge in [-0.15, -0.1) is 0 Å². The van der Waals surface area contributed by atoms with Crippen LogP contribution in [-0.2, 0) is 4.79 Å². The van der Waals surface area contributed by atoms with Gasteiger partial charge in [0.25, 0.3) is 0 Å². The van der Waals surface area contributed by atoms with Crippen molar-refractivity contribution in [3.8, 4) is 0 Å². The lowest BCUT2D eigenvalue weighted by Crippen LogP contribution is -2.50. The van der Waals surface area contributed by atoms with Gasteiger partial charge in [-0.3, -0.25) is 4.79 Å². The first-order valence-electron chi connectivity index (χ1n) is 3.62. The number of hydrogen-bond donors (Lipinski definition) is 3. The summed E-state index contributed by atoms with van der Waals surface area (Å²) in [5.74, 6) is -0.744. The predicted octanol–water partition coefficient (Wildman–Crippen LogP) is -1.32. The molecule has 0 aromatic rings. The van der Waals surface area contributed by atoms with E-state index in [0.717, 1.165) is 0 Å². The Labute approximate surface area is 64.5 Å². The van der Waals surface area contributed by atoms with Gasteiger partial charge in [-0.05, 0) is 6.42 Å². The quantitative estimate of drug-likeness (QED) is 0.410. The van der Waals surface area contributed by atoms with Crippen molar-refractivity contribution in [2.24, 2.45) is 5.92 Å². The Kier molecular flexibility index (Phi) is 2.27. The molecule has 4 atom stereocenters. The van der Waals surface area contributed by atoms with Crippen molar-refractivity contribution in [1.29, 1.82) is 0 Å².